The molecule has 0 aliphatic carbocycles. The van der Waals surface area contributed by atoms with Gasteiger partial charge in [0.05, 0.1) is 38.1 Å². The molecule has 0 saturated carbocycles. The van der Waals surface area contributed by atoms with Gasteiger partial charge < -0.3 is 14.2 Å². The topological polar surface area (TPSA) is 80.4 Å². The largest absolute Gasteiger partial charge is 0.493 e. The van der Waals surface area contributed by atoms with E-state index >= 15 is 0 Å². The monoisotopic (exact) mass is 344 g/mol. The van der Waals surface area contributed by atoms with Gasteiger partial charge in [-0.2, -0.15) is 5.10 Å². The Hall–Kier alpha value is -3.03. The number of hydrogen-bond donors (Lipinski definition) is 0. The van der Waals surface area contributed by atoms with Crippen molar-refractivity contribution in [1.82, 2.24) is 19.3 Å². The SMILES string of the molecule is CCn1cc(-n2cnc3c(OC)c(OC)c(OC)cc3c2=O)c(C)n1. The predicted molar refractivity (Wildman–Crippen MR) is 93.2 cm³/mol. The van der Waals surface area contributed by atoms with Crippen molar-refractivity contribution < 1.29 is 14.2 Å². The molecule has 132 valence electrons. The van der Waals surface area contributed by atoms with Crippen molar-refractivity contribution in [3.8, 4) is 22.9 Å². The van der Waals surface area contributed by atoms with E-state index in [0.29, 0.717) is 33.8 Å². The van der Waals surface area contributed by atoms with Crippen molar-refractivity contribution >= 4 is 10.9 Å². The fraction of sp³-hybridized carbons (Fsp3) is 0.353. The minimum absolute atomic E-state index is 0.233. The molecule has 2 aromatic heterocycles. The Morgan fingerprint density at radius 2 is 1.84 bits per heavy atom. The van der Waals surface area contributed by atoms with Crippen molar-refractivity contribution in [3.05, 3.63) is 34.6 Å². The molecule has 2 heterocycles. The van der Waals surface area contributed by atoms with E-state index in [1.165, 1.54) is 32.2 Å². The van der Waals surface area contributed by atoms with E-state index < -0.39 is 0 Å². The van der Waals surface area contributed by atoms with Crippen molar-refractivity contribution in [2.45, 2.75) is 20.4 Å². The highest BCUT2D eigenvalue weighted by atomic mass is 16.5. The van der Waals surface area contributed by atoms with Gasteiger partial charge in [0, 0.05) is 12.7 Å². The summed E-state index contributed by atoms with van der Waals surface area (Å²) in [6.07, 6.45) is 3.30. The number of nitrogens with zero attached hydrogens (tertiary/aromatic N) is 4. The number of rotatable bonds is 5. The molecule has 0 fully saturated rings. The molecule has 0 N–H and O–H groups in total. The number of ether oxygens (including phenoxy) is 3. The number of methoxy groups -OCH3 is 3. The number of fused-ring (bicyclic) bond motifs is 1. The third kappa shape index (κ3) is 2.59. The van der Waals surface area contributed by atoms with E-state index in [1.807, 2.05) is 20.0 Å². The van der Waals surface area contributed by atoms with Gasteiger partial charge in [0.25, 0.3) is 5.56 Å². The van der Waals surface area contributed by atoms with Crippen molar-refractivity contribution in [2.24, 2.45) is 0 Å². The van der Waals surface area contributed by atoms with E-state index in [9.17, 15) is 4.79 Å². The maximum atomic E-state index is 13.0. The normalized spacial score (nSPS) is 10.9. The van der Waals surface area contributed by atoms with Crippen LogP contribution in [0.4, 0.5) is 0 Å². The smallest absolute Gasteiger partial charge is 0.266 e. The lowest BCUT2D eigenvalue weighted by Gasteiger charge is -2.14. The average molecular weight is 344 g/mol. The summed E-state index contributed by atoms with van der Waals surface area (Å²) in [6, 6.07) is 1.61. The van der Waals surface area contributed by atoms with Crippen LogP contribution in [0, 0.1) is 6.92 Å². The van der Waals surface area contributed by atoms with Gasteiger partial charge in [-0.1, -0.05) is 0 Å². The van der Waals surface area contributed by atoms with E-state index in [4.69, 9.17) is 14.2 Å². The molecule has 0 spiro atoms. The van der Waals surface area contributed by atoms with Gasteiger partial charge in [0.15, 0.2) is 11.5 Å². The molecule has 0 aliphatic heterocycles. The second-order valence-electron chi connectivity index (χ2n) is 5.42. The van der Waals surface area contributed by atoms with Crippen molar-refractivity contribution in [2.75, 3.05) is 21.3 Å². The summed E-state index contributed by atoms with van der Waals surface area (Å²) in [4.78, 5) is 17.5. The van der Waals surface area contributed by atoms with Crippen LogP contribution < -0.4 is 19.8 Å². The molecule has 8 nitrogen and oxygen atoms in total. The summed E-state index contributed by atoms with van der Waals surface area (Å²) in [6.45, 7) is 4.56. The molecule has 0 unspecified atom stereocenters. The highest BCUT2D eigenvalue weighted by Gasteiger charge is 2.20. The third-order valence-electron chi connectivity index (χ3n) is 4.06. The van der Waals surface area contributed by atoms with Gasteiger partial charge in [0.1, 0.15) is 11.8 Å². The Morgan fingerprint density at radius 3 is 2.40 bits per heavy atom. The van der Waals surface area contributed by atoms with Gasteiger partial charge >= 0.3 is 0 Å². The summed E-state index contributed by atoms with van der Waals surface area (Å²) in [5, 5.41) is 4.76. The van der Waals surface area contributed by atoms with Crippen LogP contribution in [0.5, 0.6) is 17.2 Å². The van der Waals surface area contributed by atoms with Gasteiger partial charge in [-0.3, -0.25) is 14.0 Å². The first-order valence-electron chi connectivity index (χ1n) is 7.80. The lowest BCUT2D eigenvalue weighted by molar-refractivity contribution is 0.326. The zero-order chi connectivity index (χ0) is 18.1. The summed E-state index contributed by atoms with van der Waals surface area (Å²) in [5.74, 6) is 1.17. The third-order valence-corrected chi connectivity index (χ3v) is 4.06. The standard InChI is InChI=1S/C17H20N4O4/c1-6-20-8-12(10(2)19-20)21-9-18-14-11(17(21)22)7-13(23-3)15(24-4)16(14)25-5/h7-9H,6H2,1-5H3. The molecular formula is C17H20N4O4. The Morgan fingerprint density at radius 1 is 1.12 bits per heavy atom. The van der Waals surface area contributed by atoms with E-state index in [0.717, 1.165) is 12.2 Å². The second-order valence-corrected chi connectivity index (χ2v) is 5.42. The molecule has 0 bridgehead atoms. The van der Waals surface area contributed by atoms with Gasteiger partial charge in [-0.05, 0) is 19.9 Å². The number of benzene rings is 1. The maximum Gasteiger partial charge on any atom is 0.266 e. The lowest BCUT2D eigenvalue weighted by Crippen LogP contribution is -2.19. The summed E-state index contributed by atoms with van der Waals surface area (Å²) >= 11 is 0. The van der Waals surface area contributed by atoms with Crippen LogP contribution in [-0.4, -0.2) is 40.7 Å². The maximum absolute atomic E-state index is 13.0. The number of aryl methyl sites for hydroxylation is 2. The van der Waals surface area contributed by atoms with Gasteiger partial charge in [-0.25, -0.2) is 4.98 Å². The molecule has 0 saturated heterocycles. The summed E-state index contributed by atoms with van der Waals surface area (Å²) in [5.41, 5.74) is 1.62. The Labute approximate surface area is 144 Å². The Balaban J connectivity index is 2.34. The lowest BCUT2D eigenvalue weighted by atomic mass is 10.2. The molecule has 3 aromatic rings. The number of aromatic nitrogens is 4. The molecule has 0 radical (unpaired) electrons. The van der Waals surface area contributed by atoms with Crippen LogP contribution in [0.3, 0.4) is 0 Å². The van der Waals surface area contributed by atoms with Crippen LogP contribution in [0.15, 0.2) is 23.4 Å². The molecule has 8 heteroatoms. The fourth-order valence-corrected chi connectivity index (χ4v) is 2.81. The van der Waals surface area contributed by atoms with Gasteiger partial charge in [0.2, 0.25) is 5.75 Å². The highest BCUT2D eigenvalue weighted by molar-refractivity contribution is 5.89. The molecule has 25 heavy (non-hydrogen) atoms. The second kappa shape index (κ2) is 6.46. The average Bonchev–Trinajstić information content (AvgIpc) is 3.01. The quantitative estimate of drug-likeness (QED) is 0.704. The zero-order valence-electron chi connectivity index (χ0n) is 14.9. The minimum atomic E-state index is -0.233. The molecule has 3 rings (SSSR count). The van der Waals surface area contributed by atoms with Crippen LogP contribution >= 0.6 is 0 Å². The first-order valence-corrected chi connectivity index (χ1v) is 7.80. The molecule has 0 amide bonds. The summed E-state index contributed by atoms with van der Waals surface area (Å²) in [7, 11) is 4.52. The van der Waals surface area contributed by atoms with Crippen LogP contribution in [0.25, 0.3) is 16.6 Å². The molecular weight excluding hydrogens is 324 g/mol. The Kier molecular flexibility index (Phi) is 4.35. The van der Waals surface area contributed by atoms with Crippen LogP contribution in [-0.2, 0) is 6.54 Å². The Bertz CT molecular complexity index is 990. The van der Waals surface area contributed by atoms with E-state index in [2.05, 4.69) is 10.1 Å². The zero-order valence-corrected chi connectivity index (χ0v) is 14.9. The van der Waals surface area contributed by atoms with Crippen LogP contribution in [0.1, 0.15) is 12.6 Å². The first-order chi connectivity index (χ1) is 12.0. The van der Waals surface area contributed by atoms with E-state index in [-0.39, 0.29) is 5.56 Å². The van der Waals surface area contributed by atoms with Crippen molar-refractivity contribution in [1.29, 1.82) is 0 Å². The highest BCUT2D eigenvalue weighted by Crippen LogP contribution is 2.41. The first kappa shape index (κ1) is 16.8. The van der Waals surface area contributed by atoms with E-state index in [1.54, 1.807) is 10.7 Å². The van der Waals surface area contributed by atoms with Gasteiger partial charge in [-0.15, -0.1) is 0 Å². The fourth-order valence-electron chi connectivity index (χ4n) is 2.81. The number of hydrogen-bond acceptors (Lipinski definition) is 6. The molecule has 1 aromatic carbocycles. The molecule has 0 atom stereocenters. The van der Waals surface area contributed by atoms with Crippen molar-refractivity contribution in [3.63, 3.8) is 0 Å². The molecule has 0 aliphatic rings. The predicted octanol–water partition coefficient (Wildman–Crippen LogP) is 1.94. The summed E-state index contributed by atoms with van der Waals surface area (Å²) < 4.78 is 19.3. The van der Waals surface area contributed by atoms with Crippen LogP contribution in [0.2, 0.25) is 0 Å². The minimum Gasteiger partial charge on any atom is -0.493 e.